The van der Waals surface area contributed by atoms with Crippen molar-refractivity contribution in [2.75, 3.05) is 18.9 Å². The van der Waals surface area contributed by atoms with Crippen LogP contribution in [0.5, 0.6) is 0 Å². The second-order valence-corrected chi connectivity index (χ2v) is 8.48. The molecule has 1 fully saturated rings. The summed E-state index contributed by atoms with van der Waals surface area (Å²) in [5, 5.41) is 9.36. The molecule has 0 amide bonds. The van der Waals surface area contributed by atoms with Crippen LogP contribution in [0.1, 0.15) is 49.3 Å². The fourth-order valence-electron chi connectivity index (χ4n) is 3.99. The van der Waals surface area contributed by atoms with Crippen LogP contribution >= 0.6 is 0 Å². The van der Waals surface area contributed by atoms with Crippen molar-refractivity contribution in [1.29, 1.82) is 0 Å². The van der Waals surface area contributed by atoms with E-state index in [1.165, 1.54) is 5.56 Å². The molecule has 22 heavy (non-hydrogen) atoms. The van der Waals surface area contributed by atoms with Gasteiger partial charge >= 0.3 is 0 Å². The molecule has 0 aromatic heterocycles. The van der Waals surface area contributed by atoms with E-state index in [-0.39, 0.29) is 24.9 Å². The van der Waals surface area contributed by atoms with E-state index < -0.39 is 10.0 Å². The third-order valence-corrected chi connectivity index (χ3v) is 7.09. The van der Waals surface area contributed by atoms with Gasteiger partial charge in [-0.15, -0.1) is 0 Å². The van der Waals surface area contributed by atoms with Crippen molar-refractivity contribution in [2.24, 2.45) is 5.92 Å². The summed E-state index contributed by atoms with van der Waals surface area (Å²) < 4.78 is 27.3. The largest absolute Gasteiger partial charge is 0.395 e. The van der Waals surface area contributed by atoms with Crippen molar-refractivity contribution < 1.29 is 13.5 Å². The first-order chi connectivity index (χ1) is 10.6. The molecule has 0 bridgehead atoms. The smallest absolute Gasteiger partial charge is 0.215 e. The molecule has 1 aromatic rings. The van der Waals surface area contributed by atoms with Gasteiger partial charge in [-0.2, -0.15) is 4.31 Å². The molecule has 1 atom stereocenters. The summed E-state index contributed by atoms with van der Waals surface area (Å²) in [7, 11) is -3.32. The monoisotopic (exact) mass is 323 g/mol. The average Bonchev–Trinajstić information content (AvgIpc) is 3.13. The molecule has 0 radical (unpaired) electrons. The Bertz CT molecular complexity index is 608. The molecule has 0 saturated heterocycles. The summed E-state index contributed by atoms with van der Waals surface area (Å²) in [6, 6.07) is 7.98. The van der Waals surface area contributed by atoms with Crippen LogP contribution < -0.4 is 0 Å². The fraction of sp³-hybridized carbons (Fsp3) is 0.647. The molecule has 4 nitrogen and oxygen atoms in total. The lowest BCUT2D eigenvalue weighted by Crippen LogP contribution is -2.39. The number of benzene rings is 1. The highest BCUT2D eigenvalue weighted by atomic mass is 32.2. The van der Waals surface area contributed by atoms with Gasteiger partial charge in [-0.3, -0.25) is 0 Å². The maximum Gasteiger partial charge on any atom is 0.215 e. The van der Waals surface area contributed by atoms with Crippen molar-refractivity contribution in [3.05, 3.63) is 35.4 Å². The Kier molecular flexibility index (Phi) is 4.85. The van der Waals surface area contributed by atoms with Crippen molar-refractivity contribution in [1.82, 2.24) is 4.31 Å². The minimum Gasteiger partial charge on any atom is -0.395 e. The van der Waals surface area contributed by atoms with Crippen molar-refractivity contribution >= 4 is 10.0 Å². The molecule has 122 valence electrons. The minimum absolute atomic E-state index is 0.102. The maximum absolute atomic E-state index is 12.9. The van der Waals surface area contributed by atoms with E-state index in [0.29, 0.717) is 5.92 Å². The van der Waals surface area contributed by atoms with E-state index in [4.69, 9.17) is 0 Å². The Hall–Kier alpha value is -0.910. The quantitative estimate of drug-likeness (QED) is 0.875. The highest BCUT2D eigenvalue weighted by Gasteiger charge is 2.36. The highest BCUT2D eigenvalue weighted by molar-refractivity contribution is 7.89. The predicted octanol–water partition coefficient (Wildman–Crippen LogP) is 2.49. The summed E-state index contributed by atoms with van der Waals surface area (Å²) in [4.78, 5) is 0. The lowest BCUT2D eigenvalue weighted by Gasteiger charge is -2.29. The molecular weight excluding hydrogens is 298 g/mol. The molecule has 5 heteroatoms. The molecule has 0 heterocycles. The molecule has 1 unspecified atom stereocenters. The fourth-order valence-corrected chi connectivity index (χ4v) is 6.08. The first-order valence-electron chi connectivity index (χ1n) is 8.30. The van der Waals surface area contributed by atoms with E-state index in [9.17, 15) is 13.5 Å². The van der Waals surface area contributed by atoms with Gasteiger partial charge in [0.2, 0.25) is 10.0 Å². The molecule has 1 N–H and O–H groups in total. The van der Waals surface area contributed by atoms with Crippen LogP contribution in [-0.2, 0) is 16.4 Å². The Morgan fingerprint density at radius 2 is 1.86 bits per heavy atom. The first-order valence-corrected chi connectivity index (χ1v) is 9.91. The number of rotatable bonds is 6. The molecule has 2 aliphatic carbocycles. The summed E-state index contributed by atoms with van der Waals surface area (Å²) in [6.07, 6.45) is 6.07. The van der Waals surface area contributed by atoms with E-state index in [0.717, 1.165) is 44.1 Å². The third-order valence-electron chi connectivity index (χ3n) is 5.05. The van der Waals surface area contributed by atoms with Gasteiger partial charge in [-0.05, 0) is 42.7 Å². The Labute approximate surface area is 133 Å². The zero-order valence-electron chi connectivity index (χ0n) is 12.9. The van der Waals surface area contributed by atoms with Crippen LogP contribution in [0.4, 0.5) is 0 Å². The van der Waals surface area contributed by atoms with Gasteiger partial charge < -0.3 is 5.11 Å². The van der Waals surface area contributed by atoms with Gasteiger partial charge in [0.15, 0.2) is 0 Å². The Balaban J connectivity index is 1.83. The van der Waals surface area contributed by atoms with Gasteiger partial charge in [0, 0.05) is 6.54 Å². The van der Waals surface area contributed by atoms with Crippen LogP contribution in [0.15, 0.2) is 24.3 Å². The number of nitrogens with zero attached hydrogens (tertiary/aromatic N) is 1. The number of hydrogen-bond donors (Lipinski definition) is 1. The first kappa shape index (κ1) is 16.0. The molecule has 0 spiro atoms. The zero-order chi connectivity index (χ0) is 15.6. The molecular formula is C17H25NO3S. The molecule has 1 aromatic carbocycles. The maximum atomic E-state index is 12.9. The number of aryl methyl sites for hydroxylation is 1. The topological polar surface area (TPSA) is 57.6 Å². The van der Waals surface area contributed by atoms with Gasteiger partial charge in [0.05, 0.1) is 18.4 Å². The number of aliphatic hydroxyl groups excluding tert-OH is 1. The summed E-state index contributed by atoms with van der Waals surface area (Å²) >= 11 is 0. The van der Waals surface area contributed by atoms with E-state index in [1.807, 2.05) is 18.2 Å². The molecule has 2 aliphatic rings. The normalized spacial score (nSPS) is 22.4. The van der Waals surface area contributed by atoms with Crippen molar-refractivity contribution in [3.63, 3.8) is 0 Å². The van der Waals surface area contributed by atoms with Crippen LogP contribution in [-0.4, -0.2) is 36.7 Å². The lowest BCUT2D eigenvalue weighted by molar-refractivity contribution is 0.225. The Morgan fingerprint density at radius 3 is 2.59 bits per heavy atom. The average molecular weight is 323 g/mol. The van der Waals surface area contributed by atoms with Crippen LogP contribution in [0.2, 0.25) is 0 Å². The minimum atomic E-state index is -3.32. The summed E-state index contributed by atoms with van der Waals surface area (Å²) in [5.41, 5.74) is 2.36. The second kappa shape index (κ2) is 6.69. The molecule has 0 aliphatic heterocycles. The zero-order valence-corrected chi connectivity index (χ0v) is 13.8. The van der Waals surface area contributed by atoms with E-state index >= 15 is 0 Å². The van der Waals surface area contributed by atoms with Crippen LogP contribution in [0, 0.1) is 5.92 Å². The number of sulfonamides is 1. The van der Waals surface area contributed by atoms with Crippen molar-refractivity contribution in [3.8, 4) is 0 Å². The second-order valence-electron chi connectivity index (χ2n) is 6.52. The van der Waals surface area contributed by atoms with Gasteiger partial charge in [-0.1, -0.05) is 37.1 Å². The molecule has 1 saturated carbocycles. The summed E-state index contributed by atoms with van der Waals surface area (Å²) in [6.45, 7) is 0.0800. The van der Waals surface area contributed by atoms with Gasteiger partial charge in [0.25, 0.3) is 0 Å². The molecule has 3 rings (SSSR count). The van der Waals surface area contributed by atoms with E-state index in [1.54, 1.807) is 4.31 Å². The SMILES string of the molecule is O=S(=O)(CC1CCCC1)N(CCO)C1CCc2ccccc21. The summed E-state index contributed by atoms with van der Waals surface area (Å²) in [5.74, 6) is 0.536. The van der Waals surface area contributed by atoms with E-state index in [2.05, 4.69) is 6.07 Å². The van der Waals surface area contributed by atoms with Crippen LogP contribution in [0.3, 0.4) is 0 Å². The predicted molar refractivity (Wildman–Crippen MR) is 87.0 cm³/mol. The van der Waals surface area contributed by atoms with Gasteiger partial charge in [-0.25, -0.2) is 8.42 Å². The van der Waals surface area contributed by atoms with Gasteiger partial charge in [0.1, 0.15) is 0 Å². The number of hydrogen-bond acceptors (Lipinski definition) is 3. The number of aliphatic hydroxyl groups is 1. The Morgan fingerprint density at radius 1 is 1.14 bits per heavy atom. The highest BCUT2D eigenvalue weighted by Crippen LogP contribution is 2.38. The van der Waals surface area contributed by atoms with Crippen molar-refractivity contribution in [2.45, 2.75) is 44.6 Å². The number of fused-ring (bicyclic) bond motifs is 1. The standard InChI is InChI=1S/C17H25NO3S/c19-12-11-18(22(20,21)13-14-5-1-2-6-14)17-10-9-15-7-3-4-8-16(15)17/h3-4,7-8,14,17,19H,1-2,5-6,9-13H2. The third kappa shape index (κ3) is 3.21. The van der Waals surface area contributed by atoms with Crippen LogP contribution in [0.25, 0.3) is 0 Å². The lowest BCUT2D eigenvalue weighted by atomic mass is 10.1.